The molecule has 1 aliphatic rings. The van der Waals surface area contributed by atoms with Gasteiger partial charge in [0.05, 0.1) is 7.11 Å². The van der Waals surface area contributed by atoms with Gasteiger partial charge in [0.2, 0.25) is 5.91 Å². The Morgan fingerprint density at radius 3 is 2.50 bits per heavy atom. The van der Waals surface area contributed by atoms with Gasteiger partial charge in [-0.2, -0.15) is 0 Å². The number of β-lactam (4-membered cyclic amide) rings is 1. The van der Waals surface area contributed by atoms with Crippen molar-refractivity contribution in [2.24, 2.45) is 0 Å². The first kappa shape index (κ1) is 8.81. The van der Waals surface area contributed by atoms with Gasteiger partial charge in [-0.25, -0.2) is 0 Å². The second-order valence-corrected chi connectivity index (χ2v) is 3.13. The van der Waals surface area contributed by atoms with E-state index in [4.69, 9.17) is 4.74 Å². The quantitative estimate of drug-likeness (QED) is 0.561. The summed E-state index contributed by atoms with van der Waals surface area (Å²) in [5.41, 5.74) is 1.85. The van der Waals surface area contributed by atoms with Crippen molar-refractivity contribution in [1.82, 2.24) is 5.32 Å². The summed E-state index contributed by atoms with van der Waals surface area (Å²) < 4.78 is 5.04. The van der Waals surface area contributed by atoms with E-state index in [1.165, 1.54) is 0 Å². The van der Waals surface area contributed by atoms with Gasteiger partial charge in [-0.3, -0.25) is 4.79 Å². The van der Waals surface area contributed by atoms with Crippen LogP contribution in [0.3, 0.4) is 0 Å². The number of nitrogens with one attached hydrogen (secondary N) is 1. The third-order valence-electron chi connectivity index (χ3n) is 2.19. The van der Waals surface area contributed by atoms with Crippen molar-refractivity contribution in [2.75, 3.05) is 13.7 Å². The highest BCUT2D eigenvalue weighted by atomic mass is 16.5. The number of hydrogen-bond donors (Lipinski definition) is 1. The molecule has 1 amide bonds. The van der Waals surface area contributed by atoms with Gasteiger partial charge < -0.3 is 10.1 Å². The average molecular weight is 189 g/mol. The van der Waals surface area contributed by atoms with Crippen LogP contribution in [0.4, 0.5) is 0 Å². The van der Waals surface area contributed by atoms with Crippen LogP contribution in [-0.4, -0.2) is 19.6 Å². The number of carbonyl (C=O) groups is 1. The third-order valence-corrected chi connectivity index (χ3v) is 2.19. The van der Waals surface area contributed by atoms with Crippen LogP contribution in [-0.2, 0) is 4.79 Å². The summed E-state index contributed by atoms with van der Waals surface area (Å²) in [7, 11) is 1.63. The van der Waals surface area contributed by atoms with Gasteiger partial charge in [-0.1, -0.05) is 12.1 Å². The van der Waals surface area contributed by atoms with Crippen LogP contribution in [0, 0.1) is 0 Å². The van der Waals surface area contributed by atoms with E-state index in [1.54, 1.807) is 7.11 Å². The molecule has 1 fully saturated rings. The predicted octanol–water partition coefficient (Wildman–Crippen LogP) is 1.21. The third kappa shape index (κ3) is 1.62. The predicted molar refractivity (Wildman–Crippen MR) is 54.0 cm³/mol. The van der Waals surface area contributed by atoms with Crippen LogP contribution in [0.15, 0.2) is 29.8 Å². The molecular weight excluding hydrogens is 178 g/mol. The second-order valence-electron chi connectivity index (χ2n) is 3.13. The van der Waals surface area contributed by atoms with Crippen LogP contribution in [0.25, 0.3) is 6.08 Å². The van der Waals surface area contributed by atoms with E-state index in [0.717, 1.165) is 16.9 Å². The van der Waals surface area contributed by atoms with Crippen molar-refractivity contribution < 1.29 is 9.53 Å². The number of rotatable bonds is 2. The maximum atomic E-state index is 11.0. The van der Waals surface area contributed by atoms with Gasteiger partial charge in [0.25, 0.3) is 0 Å². The molecule has 0 bridgehead atoms. The first-order chi connectivity index (χ1) is 6.79. The molecule has 2 rings (SSSR count). The number of methoxy groups -OCH3 is 1. The highest BCUT2D eigenvalue weighted by Gasteiger charge is 2.18. The van der Waals surface area contributed by atoms with Crippen LogP contribution in [0.2, 0.25) is 0 Å². The Morgan fingerprint density at radius 1 is 1.36 bits per heavy atom. The number of benzene rings is 1. The van der Waals surface area contributed by atoms with E-state index >= 15 is 0 Å². The molecule has 1 saturated heterocycles. The molecule has 0 atom stereocenters. The minimum absolute atomic E-state index is 0.0285. The van der Waals surface area contributed by atoms with Gasteiger partial charge in [0.15, 0.2) is 0 Å². The molecule has 0 spiro atoms. The zero-order valence-electron chi connectivity index (χ0n) is 7.91. The fourth-order valence-electron chi connectivity index (χ4n) is 1.28. The molecule has 0 radical (unpaired) electrons. The maximum Gasteiger partial charge on any atom is 0.249 e. The Morgan fingerprint density at radius 2 is 2.07 bits per heavy atom. The molecule has 1 aromatic rings. The van der Waals surface area contributed by atoms with Crippen molar-refractivity contribution in [3.63, 3.8) is 0 Å². The smallest absolute Gasteiger partial charge is 0.249 e. The van der Waals surface area contributed by atoms with E-state index < -0.39 is 0 Å². The van der Waals surface area contributed by atoms with Crippen molar-refractivity contribution in [3.8, 4) is 5.75 Å². The molecule has 1 heterocycles. The maximum absolute atomic E-state index is 11.0. The first-order valence-electron chi connectivity index (χ1n) is 4.42. The van der Waals surface area contributed by atoms with E-state index in [9.17, 15) is 4.79 Å². The van der Waals surface area contributed by atoms with Crippen LogP contribution in [0.5, 0.6) is 5.75 Å². The summed E-state index contributed by atoms with van der Waals surface area (Å²) in [5, 5.41) is 2.67. The monoisotopic (exact) mass is 189 g/mol. The molecule has 0 aromatic heterocycles. The minimum atomic E-state index is 0.0285. The molecule has 1 aliphatic heterocycles. The number of amides is 1. The Bertz CT molecular complexity index is 379. The van der Waals surface area contributed by atoms with E-state index in [-0.39, 0.29) is 5.91 Å². The molecule has 1 aromatic carbocycles. The molecular formula is C11H11NO2. The summed E-state index contributed by atoms with van der Waals surface area (Å²) in [6.45, 7) is 0.671. The van der Waals surface area contributed by atoms with Crippen LogP contribution in [0.1, 0.15) is 5.56 Å². The van der Waals surface area contributed by atoms with Gasteiger partial charge in [-0.15, -0.1) is 0 Å². The fourth-order valence-corrected chi connectivity index (χ4v) is 1.28. The van der Waals surface area contributed by atoms with Gasteiger partial charge in [0.1, 0.15) is 5.75 Å². The fraction of sp³-hybridized carbons (Fsp3) is 0.182. The summed E-state index contributed by atoms with van der Waals surface area (Å²) in [5.74, 6) is 0.853. The van der Waals surface area contributed by atoms with Crippen molar-refractivity contribution in [3.05, 3.63) is 35.4 Å². The van der Waals surface area contributed by atoms with E-state index in [1.807, 2.05) is 30.3 Å². The molecule has 72 valence electrons. The Balaban J connectivity index is 2.17. The molecule has 3 nitrogen and oxygen atoms in total. The molecule has 1 N–H and O–H groups in total. The molecule has 0 saturated carbocycles. The Hall–Kier alpha value is -1.77. The lowest BCUT2D eigenvalue weighted by atomic mass is 10.1. The van der Waals surface area contributed by atoms with Gasteiger partial charge >= 0.3 is 0 Å². The van der Waals surface area contributed by atoms with Gasteiger partial charge in [0, 0.05) is 12.1 Å². The molecule has 3 heteroatoms. The standard InChI is InChI=1S/C11H11NO2/c1-14-10-4-2-8(3-5-10)6-9-7-12-11(9)13/h2-6H,7H2,1H3,(H,12,13). The average Bonchev–Trinajstić information content (AvgIpc) is 2.24. The van der Waals surface area contributed by atoms with Crippen molar-refractivity contribution in [1.29, 1.82) is 0 Å². The largest absolute Gasteiger partial charge is 0.497 e. The van der Waals surface area contributed by atoms with Gasteiger partial charge in [-0.05, 0) is 23.8 Å². The number of carbonyl (C=O) groups excluding carboxylic acids is 1. The van der Waals surface area contributed by atoms with Crippen molar-refractivity contribution in [2.45, 2.75) is 0 Å². The number of ether oxygens (including phenoxy) is 1. The SMILES string of the molecule is COc1ccc(C=C2CNC2=O)cc1. The lowest BCUT2D eigenvalue weighted by Gasteiger charge is -2.17. The Kier molecular flexibility index (Phi) is 2.23. The summed E-state index contributed by atoms with van der Waals surface area (Å²) in [4.78, 5) is 11.0. The topological polar surface area (TPSA) is 38.3 Å². The zero-order chi connectivity index (χ0) is 9.97. The van der Waals surface area contributed by atoms with E-state index in [2.05, 4.69) is 5.32 Å². The lowest BCUT2D eigenvalue weighted by Crippen LogP contribution is -2.40. The first-order valence-corrected chi connectivity index (χ1v) is 4.42. The van der Waals surface area contributed by atoms with Crippen molar-refractivity contribution >= 4 is 12.0 Å². The second kappa shape index (κ2) is 3.54. The highest BCUT2D eigenvalue weighted by Crippen LogP contribution is 2.15. The summed E-state index contributed by atoms with van der Waals surface area (Å²) >= 11 is 0. The summed E-state index contributed by atoms with van der Waals surface area (Å²) in [6.07, 6.45) is 1.89. The molecule has 0 aliphatic carbocycles. The molecule has 0 unspecified atom stereocenters. The minimum Gasteiger partial charge on any atom is -0.497 e. The van der Waals surface area contributed by atoms with E-state index in [0.29, 0.717) is 6.54 Å². The zero-order valence-corrected chi connectivity index (χ0v) is 7.91. The normalized spacial score (nSPS) is 17.5. The highest BCUT2D eigenvalue weighted by molar-refractivity contribution is 6.04. The van der Waals surface area contributed by atoms with Crippen LogP contribution < -0.4 is 10.1 Å². The Labute approximate surface area is 82.4 Å². The van der Waals surface area contributed by atoms with Crippen LogP contribution >= 0.6 is 0 Å². The summed E-state index contributed by atoms with van der Waals surface area (Å²) in [6, 6.07) is 7.61. The molecule has 14 heavy (non-hydrogen) atoms. The lowest BCUT2D eigenvalue weighted by molar-refractivity contribution is -0.120. The number of hydrogen-bond acceptors (Lipinski definition) is 2.